The van der Waals surface area contributed by atoms with Gasteiger partial charge >= 0.3 is 0 Å². The molecule has 0 fully saturated rings. The average molecular weight is 224 g/mol. The highest BCUT2D eigenvalue weighted by molar-refractivity contribution is 5.47. The number of hydrogen-bond acceptors (Lipinski definition) is 5. The van der Waals surface area contributed by atoms with Gasteiger partial charge in [-0.2, -0.15) is 0 Å². The highest BCUT2D eigenvalue weighted by Crippen LogP contribution is 2.11. The number of nitrogens with zero attached hydrogens (tertiary/aromatic N) is 2. The third kappa shape index (κ3) is 4.02. The van der Waals surface area contributed by atoms with Crippen molar-refractivity contribution in [3.63, 3.8) is 0 Å². The Morgan fingerprint density at radius 3 is 2.56 bits per heavy atom. The molecule has 1 rings (SSSR count). The SMILES string of the molecule is CNc1cc(NCC(C)C)nc(COC)n1. The van der Waals surface area contributed by atoms with Gasteiger partial charge in [-0.15, -0.1) is 0 Å². The quantitative estimate of drug-likeness (QED) is 0.770. The molecule has 0 aliphatic carbocycles. The maximum atomic E-state index is 5.03. The van der Waals surface area contributed by atoms with E-state index in [2.05, 4.69) is 34.4 Å². The Morgan fingerprint density at radius 2 is 2.00 bits per heavy atom. The molecule has 16 heavy (non-hydrogen) atoms. The zero-order valence-corrected chi connectivity index (χ0v) is 10.4. The van der Waals surface area contributed by atoms with Gasteiger partial charge in [-0.3, -0.25) is 0 Å². The van der Waals surface area contributed by atoms with Crippen LogP contribution in [0, 0.1) is 5.92 Å². The van der Waals surface area contributed by atoms with Crippen molar-refractivity contribution in [2.24, 2.45) is 5.92 Å². The zero-order chi connectivity index (χ0) is 12.0. The van der Waals surface area contributed by atoms with Gasteiger partial charge in [0.25, 0.3) is 0 Å². The summed E-state index contributed by atoms with van der Waals surface area (Å²) < 4.78 is 5.03. The molecule has 0 spiro atoms. The highest BCUT2D eigenvalue weighted by atomic mass is 16.5. The van der Waals surface area contributed by atoms with Crippen molar-refractivity contribution in [3.05, 3.63) is 11.9 Å². The van der Waals surface area contributed by atoms with Crippen LogP contribution >= 0.6 is 0 Å². The normalized spacial score (nSPS) is 10.6. The Bertz CT molecular complexity index is 328. The van der Waals surface area contributed by atoms with E-state index in [9.17, 15) is 0 Å². The van der Waals surface area contributed by atoms with Crippen molar-refractivity contribution >= 4 is 11.6 Å². The van der Waals surface area contributed by atoms with Gasteiger partial charge in [0.15, 0.2) is 5.82 Å². The van der Waals surface area contributed by atoms with Crippen LogP contribution in [0.3, 0.4) is 0 Å². The molecule has 0 saturated carbocycles. The average Bonchev–Trinajstić information content (AvgIpc) is 2.26. The third-order valence-corrected chi connectivity index (χ3v) is 1.99. The summed E-state index contributed by atoms with van der Waals surface area (Å²) in [4.78, 5) is 8.64. The van der Waals surface area contributed by atoms with Crippen molar-refractivity contribution in [1.82, 2.24) is 9.97 Å². The molecule has 0 radical (unpaired) electrons. The molecule has 1 heterocycles. The zero-order valence-electron chi connectivity index (χ0n) is 10.4. The van der Waals surface area contributed by atoms with Crippen LogP contribution < -0.4 is 10.6 Å². The van der Waals surface area contributed by atoms with Gasteiger partial charge in [0.1, 0.15) is 18.2 Å². The predicted octanol–water partition coefficient (Wildman–Crippen LogP) is 1.73. The molecule has 5 nitrogen and oxygen atoms in total. The summed E-state index contributed by atoms with van der Waals surface area (Å²) in [7, 11) is 3.47. The molecular formula is C11H20N4O. The van der Waals surface area contributed by atoms with E-state index in [4.69, 9.17) is 4.74 Å². The van der Waals surface area contributed by atoms with Crippen LogP contribution in [0.25, 0.3) is 0 Å². The molecule has 0 aliphatic heterocycles. The number of anilines is 2. The molecular weight excluding hydrogens is 204 g/mol. The smallest absolute Gasteiger partial charge is 0.158 e. The Hall–Kier alpha value is -1.36. The Morgan fingerprint density at radius 1 is 1.31 bits per heavy atom. The lowest BCUT2D eigenvalue weighted by Gasteiger charge is -2.10. The van der Waals surface area contributed by atoms with E-state index in [1.54, 1.807) is 7.11 Å². The summed E-state index contributed by atoms with van der Waals surface area (Å²) in [5, 5.41) is 6.28. The molecule has 0 saturated heterocycles. The first-order valence-corrected chi connectivity index (χ1v) is 5.44. The van der Waals surface area contributed by atoms with Crippen LogP contribution in [0.15, 0.2) is 6.07 Å². The summed E-state index contributed by atoms with van der Waals surface area (Å²) >= 11 is 0. The Balaban J connectivity index is 2.77. The van der Waals surface area contributed by atoms with Gasteiger partial charge in [0.05, 0.1) is 0 Å². The van der Waals surface area contributed by atoms with E-state index in [0.717, 1.165) is 18.2 Å². The number of hydrogen-bond donors (Lipinski definition) is 2. The van der Waals surface area contributed by atoms with Crippen molar-refractivity contribution < 1.29 is 4.74 Å². The molecule has 5 heteroatoms. The molecule has 1 aromatic rings. The van der Waals surface area contributed by atoms with Gasteiger partial charge in [-0.25, -0.2) is 9.97 Å². The predicted molar refractivity (Wildman–Crippen MR) is 65.6 cm³/mol. The van der Waals surface area contributed by atoms with Crippen LogP contribution in [0.4, 0.5) is 11.6 Å². The van der Waals surface area contributed by atoms with Gasteiger partial charge in [-0.05, 0) is 5.92 Å². The second-order valence-electron chi connectivity index (χ2n) is 4.01. The molecule has 0 aliphatic rings. The minimum atomic E-state index is 0.422. The first kappa shape index (κ1) is 12.7. The molecule has 0 bridgehead atoms. The highest BCUT2D eigenvalue weighted by Gasteiger charge is 2.03. The summed E-state index contributed by atoms with van der Waals surface area (Å²) in [6.07, 6.45) is 0. The molecule has 90 valence electrons. The minimum Gasteiger partial charge on any atom is -0.377 e. The maximum Gasteiger partial charge on any atom is 0.158 e. The molecule has 2 N–H and O–H groups in total. The fourth-order valence-electron chi connectivity index (χ4n) is 1.22. The molecule has 1 aromatic heterocycles. The fourth-order valence-corrected chi connectivity index (χ4v) is 1.22. The Kier molecular flexibility index (Phi) is 4.98. The van der Waals surface area contributed by atoms with E-state index < -0.39 is 0 Å². The first-order valence-electron chi connectivity index (χ1n) is 5.44. The van der Waals surface area contributed by atoms with Crippen molar-refractivity contribution in [2.75, 3.05) is 31.3 Å². The number of nitrogens with one attached hydrogen (secondary N) is 2. The fraction of sp³-hybridized carbons (Fsp3) is 0.636. The monoisotopic (exact) mass is 224 g/mol. The lowest BCUT2D eigenvalue weighted by Crippen LogP contribution is -2.11. The summed E-state index contributed by atoms with van der Waals surface area (Å²) in [6, 6.07) is 1.89. The lowest BCUT2D eigenvalue weighted by molar-refractivity contribution is 0.178. The van der Waals surface area contributed by atoms with Crippen LogP contribution in [-0.2, 0) is 11.3 Å². The molecule has 0 amide bonds. The topological polar surface area (TPSA) is 59.1 Å². The van der Waals surface area contributed by atoms with Crippen LogP contribution in [0.1, 0.15) is 19.7 Å². The third-order valence-electron chi connectivity index (χ3n) is 1.99. The van der Waals surface area contributed by atoms with Gasteiger partial charge in [0.2, 0.25) is 0 Å². The standard InChI is InChI=1S/C11H20N4O/c1-8(2)6-13-10-5-9(12-3)14-11(15-10)7-16-4/h5,8H,6-7H2,1-4H3,(H2,12,13,14,15). The van der Waals surface area contributed by atoms with Gasteiger partial charge in [0, 0.05) is 26.8 Å². The Labute approximate surface area is 96.6 Å². The summed E-state index contributed by atoms with van der Waals surface area (Å²) in [5.41, 5.74) is 0. The van der Waals surface area contributed by atoms with Gasteiger partial charge < -0.3 is 15.4 Å². The largest absolute Gasteiger partial charge is 0.377 e. The van der Waals surface area contributed by atoms with Gasteiger partial charge in [-0.1, -0.05) is 13.8 Å². The molecule has 0 aromatic carbocycles. The van der Waals surface area contributed by atoms with Crippen LogP contribution in [0.2, 0.25) is 0 Å². The van der Waals surface area contributed by atoms with Crippen molar-refractivity contribution in [2.45, 2.75) is 20.5 Å². The first-order chi connectivity index (χ1) is 7.65. The number of rotatable bonds is 6. The summed E-state index contributed by atoms with van der Waals surface area (Å²) in [6.45, 7) is 5.63. The van der Waals surface area contributed by atoms with Crippen molar-refractivity contribution in [1.29, 1.82) is 0 Å². The van der Waals surface area contributed by atoms with Crippen LogP contribution in [0.5, 0.6) is 0 Å². The maximum absolute atomic E-state index is 5.03. The van der Waals surface area contributed by atoms with Crippen LogP contribution in [-0.4, -0.2) is 30.7 Å². The minimum absolute atomic E-state index is 0.422. The van der Waals surface area contributed by atoms with E-state index in [-0.39, 0.29) is 0 Å². The van der Waals surface area contributed by atoms with E-state index >= 15 is 0 Å². The number of aromatic nitrogens is 2. The second-order valence-corrected chi connectivity index (χ2v) is 4.01. The van der Waals surface area contributed by atoms with E-state index in [1.807, 2.05) is 13.1 Å². The molecule has 0 unspecified atom stereocenters. The van der Waals surface area contributed by atoms with E-state index in [0.29, 0.717) is 18.3 Å². The van der Waals surface area contributed by atoms with E-state index in [1.165, 1.54) is 0 Å². The lowest BCUT2D eigenvalue weighted by atomic mass is 10.2. The molecule has 0 atom stereocenters. The summed E-state index contributed by atoms with van der Waals surface area (Å²) in [5.74, 6) is 2.90. The van der Waals surface area contributed by atoms with Crippen molar-refractivity contribution in [3.8, 4) is 0 Å². The second kappa shape index (κ2) is 6.27. The number of methoxy groups -OCH3 is 1. The number of ether oxygens (including phenoxy) is 1.